The lowest BCUT2D eigenvalue weighted by Crippen LogP contribution is -2.23. The van der Waals surface area contributed by atoms with E-state index in [1.165, 1.54) is 0 Å². The molecule has 2 heterocycles. The third-order valence-corrected chi connectivity index (χ3v) is 4.66. The van der Waals surface area contributed by atoms with Crippen LogP contribution in [0.15, 0.2) is 54.7 Å². The molecular formula is C20H19N5O2. The van der Waals surface area contributed by atoms with Crippen LogP contribution in [0.3, 0.4) is 0 Å². The summed E-state index contributed by atoms with van der Waals surface area (Å²) in [6.45, 7) is 1.94. The summed E-state index contributed by atoms with van der Waals surface area (Å²) in [4.78, 5) is 24.1. The van der Waals surface area contributed by atoms with Crippen molar-refractivity contribution in [3.63, 3.8) is 0 Å². The molecule has 1 aliphatic rings. The number of aromatic amines is 1. The third kappa shape index (κ3) is 3.52. The smallest absolute Gasteiger partial charge is 0.311 e. The highest BCUT2D eigenvalue weighted by Gasteiger charge is 2.27. The van der Waals surface area contributed by atoms with Crippen LogP contribution in [0.2, 0.25) is 0 Å². The first-order valence-electron chi connectivity index (χ1n) is 8.67. The van der Waals surface area contributed by atoms with Crippen molar-refractivity contribution >= 4 is 29.1 Å². The lowest BCUT2D eigenvalue weighted by molar-refractivity contribution is -0.116. The first-order valence-corrected chi connectivity index (χ1v) is 8.67. The molecule has 0 saturated heterocycles. The van der Waals surface area contributed by atoms with E-state index in [0.717, 1.165) is 22.4 Å². The summed E-state index contributed by atoms with van der Waals surface area (Å²) in [5, 5.41) is 15.3. The fourth-order valence-electron chi connectivity index (χ4n) is 3.24. The molecule has 0 radical (unpaired) electrons. The predicted molar refractivity (Wildman–Crippen MR) is 104 cm³/mol. The first kappa shape index (κ1) is 16.8. The van der Waals surface area contributed by atoms with Crippen LogP contribution in [0.1, 0.15) is 29.0 Å². The van der Waals surface area contributed by atoms with E-state index in [0.29, 0.717) is 17.9 Å². The first-order chi connectivity index (χ1) is 13.1. The number of nitrogens with one attached hydrogen (secondary N) is 4. The summed E-state index contributed by atoms with van der Waals surface area (Å²) in [5.41, 5.74) is 4.41. The van der Waals surface area contributed by atoms with Gasteiger partial charge in [-0.25, -0.2) is 4.79 Å². The molecule has 1 atom stereocenters. The van der Waals surface area contributed by atoms with Gasteiger partial charge in [0.05, 0.1) is 6.20 Å². The van der Waals surface area contributed by atoms with Crippen LogP contribution >= 0.6 is 0 Å². The Hall–Kier alpha value is -3.61. The molecule has 1 aliphatic heterocycles. The normalized spacial score (nSPS) is 15.6. The molecule has 1 unspecified atom stereocenters. The number of amides is 3. The number of nitrogens with zero attached hydrogens (tertiary/aromatic N) is 1. The minimum Gasteiger partial charge on any atom is -0.311 e. The van der Waals surface area contributed by atoms with Crippen molar-refractivity contribution in [2.75, 3.05) is 16.0 Å². The SMILES string of the molecule is Cc1ccccc1NC(=O)Nc1ccc(C2CC(=O)Nc3[nH]ncc32)cc1. The number of hydrogen-bond donors (Lipinski definition) is 4. The van der Waals surface area contributed by atoms with Gasteiger partial charge in [-0.1, -0.05) is 30.3 Å². The maximum absolute atomic E-state index is 12.2. The summed E-state index contributed by atoms with van der Waals surface area (Å²) in [6, 6.07) is 14.8. The molecule has 3 aromatic rings. The van der Waals surface area contributed by atoms with Crippen molar-refractivity contribution in [3.05, 3.63) is 71.4 Å². The van der Waals surface area contributed by atoms with Crippen LogP contribution in [-0.2, 0) is 4.79 Å². The van der Waals surface area contributed by atoms with Crippen LogP contribution in [-0.4, -0.2) is 22.1 Å². The number of anilines is 3. The number of para-hydroxylation sites is 1. The summed E-state index contributed by atoms with van der Waals surface area (Å²) in [6.07, 6.45) is 2.11. The third-order valence-electron chi connectivity index (χ3n) is 4.66. The van der Waals surface area contributed by atoms with Crippen LogP contribution < -0.4 is 16.0 Å². The van der Waals surface area contributed by atoms with Gasteiger partial charge in [-0.05, 0) is 36.2 Å². The zero-order valence-electron chi connectivity index (χ0n) is 14.7. The lowest BCUT2D eigenvalue weighted by atomic mass is 9.87. The van der Waals surface area contributed by atoms with Crippen molar-refractivity contribution < 1.29 is 9.59 Å². The fourth-order valence-corrected chi connectivity index (χ4v) is 3.24. The van der Waals surface area contributed by atoms with E-state index < -0.39 is 0 Å². The standard InChI is InChI=1S/C20H19N5O2/c1-12-4-2-3-5-17(12)23-20(27)22-14-8-6-13(7-9-14)15-10-18(26)24-19-16(15)11-21-25-19/h2-9,11,15H,10H2,1H3,(H2,22,23,27)(H2,21,24,25,26). The van der Waals surface area contributed by atoms with Gasteiger partial charge < -0.3 is 16.0 Å². The van der Waals surface area contributed by atoms with E-state index in [1.807, 2.05) is 55.5 Å². The van der Waals surface area contributed by atoms with E-state index >= 15 is 0 Å². The van der Waals surface area contributed by atoms with E-state index in [4.69, 9.17) is 0 Å². The molecule has 4 rings (SSSR count). The number of aromatic nitrogens is 2. The maximum Gasteiger partial charge on any atom is 0.323 e. The number of aryl methyl sites for hydroxylation is 1. The van der Waals surface area contributed by atoms with Crippen molar-refractivity contribution in [1.29, 1.82) is 0 Å². The second kappa shape index (κ2) is 6.95. The molecule has 0 spiro atoms. The van der Waals surface area contributed by atoms with E-state index in [1.54, 1.807) is 6.20 Å². The molecule has 0 aliphatic carbocycles. The molecule has 1 aromatic heterocycles. The van der Waals surface area contributed by atoms with Gasteiger partial charge in [0.15, 0.2) is 0 Å². The largest absolute Gasteiger partial charge is 0.323 e. The molecule has 0 fully saturated rings. The Morgan fingerprint density at radius 1 is 1.11 bits per heavy atom. The number of carbonyl (C=O) groups excluding carboxylic acids is 2. The molecule has 2 aromatic carbocycles. The number of rotatable bonds is 3. The molecule has 3 amide bonds. The number of urea groups is 1. The van der Waals surface area contributed by atoms with Crippen LogP contribution in [0, 0.1) is 6.92 Å². The highest BCUT2D eigenvalue weighted by molar-refractivity contribution is 6.00. The Labute approximate surface area is 156 Å². The minimum atomic E-state index is -0.300. The molecular weight excluding hydrogens is 342 g/mol. The van der Waals surface area contributed by atoms with Crippen molar-refractivity contribution in [1.82, 2.24) is 10.2 Å². The average molecular weight is 361 g/mol. The second-order valence-corrected chi connectivity index (χ2v) is 6.52. The highest BCUT2D eigenvalue weighted by Crippen LogP contribution is 2.35. The summed E-state index contributed by atoms with van der Waals surface area (Å²) in [7, 11) is 0. The Morgan fingerprint density at radius 2 is 1.89 bits per heavy atom. The van der Waals surface area contributed by atoms with Gasteiger partial charge in [0.25, 0.3) is 0 Å². The van der Waals surface area contributed by atoms with Crippen molar-refractivity contribution in [2.45, 2.75) is 19.3 Å². The summed E-state index contributed by atoms with van der Waals surface area (Å²) in [5.74, 6) is 0.551. The Bertz CT molecular complexity index is 994. The summed E-state index contributed by atoms with van der Waals surface area (Å²) < 4.78 is 0. The quantitative estimate of drug-likeness (QED) is 0.570. The van der Waals surface area contributed by atoms with Crippen LogP contribution in [0.4, 0.5) is 22.0 Å². The van der Waals surface area contributed by atoms with Gasteiger partial charge in [0.1, 0.15) is 5.82 Å². The summed E-state index contributed by atoms with van der Waals surface area (Å²) >= 11 is 0. The Balaban J connectivity index is 1.46. The zero-order valence-corrected chi connectivity index (χ0v) is 14.7. The molecule has 0 bridgehead atoms. The predicted octanol–water partition coefficient (Wildman–Crippen LogP) is 3.84. The number of benzene rings is 2. The Morgan fingerprint density at radius 3 is 2.67 bits per heavy atom. The van der Waals surface area contributed by atoms with Crippen LogP contribution in [0.5, 0.6) is 0 Å². The molecule has 7 nitrogen and oxygen atoms in total. The van der Waals surface area contributed by atoms with E-state index in [9.17, 15) is 9.59 Å². The number of fused-ring (bicyclic) bond motifs is 1. The van der Waals surface area contributed by atoms with E-state index in [-0.39, 0.29) is 17.9 Å². The molecule has 27 heavy (non-hydrogen) atoms. The van der Waals surface area contributed by atoms with Gasteiger partial charge in [0.2, 0.25) is 5.91 Å². The maximum atomic E-state index is 12.2. The van der Waals surface area contributed by atoms with Gasteiger partial charge in [0, 0.05) is 29.3 Å². The molecule has 4 N–H and O–H groups in total. The number of H-pyrrole nitrogens is 1. The van der Waals surface area contributed by atoms with Gasteiger partial charge in [-0.15, -0.1) is 0 Å². The molecule has 7 heteroatoms. The zero-order chi connectivity index (χ0) is 18.8. The minimum absolute atomic E-state index is 0.0449. The van der Waals surface area contributed by atoms with Crippen molar-refractivity contribution in [2.24, 2.45) is 0 Å². The lowest BCUT2D eigenvalue weighted by Gasteiger charge is -2.22. The number of hydrogen-bond acceptors (Lipinski definition) is 3. The molecule has 136 valence electrons. The fraction of sp³-hybridized carbons (Fsp3) is 0.150. The topological polar surface area (TPSA) is 98.9 Å². The second-order valence-electron chi connectivity index (χ2n) is 6.52. The average Bonchev–Trinajstić information content (AvgIpc) is 3.12. The Kier molecular flexibility index (Phi) is 4.33. The monoisotopic (exact) mass is 361 g/mol. The van der Waals surface area contributed by atoms with Gasteiger partial charge >= 0.3 is 6.03 Å². The van der Waals surface area contributed by atoms with E-state index in [2.05, 4.69) is 26.1 Å². The number of carbonyl (C=O) groups is 2. The van der Waals surface area contributed by atoms with Gasteiger partial charge in [-0.2, -0.15) is 5.10 Å². The van der Waals surface area contributed by atoms with Crippen molar-refractivity contribution in [3.8, 4) is 0 Å². The van der Waals surface area contributed by atoms with Crippen LogP contribution in [0.25, 0.3) is 0 Å². The van der Waals surface area contributed by atoms with Gasteiger partial charge in [-0.3, -0.25) is 9.89 Å². The highest BCUT2D eigenvalue weighted by atomic mass is 16.2. The molecule has 0 saturated carbocycles.